The van der Waals surface area contributed by atoms with Gasteiger partial charge in [-0.05, 0) is 24.3 Å². The number of para-hydroxylation sites is 2. The number of imidazole rings is 1. The number of anilines is 1. The van der Waals surface area contributed by atoms with E-state index in [4.69, 9.17) is 9.47 Å². The SMILES string of the molecule is COCCNCC(=O)Nc1nc2ccccc2n1-c1cccc(OC)c1.Cl. The van der Waals surface area contributed by atoms with Gasteiger partial charge in [-0.1, -0.05) is 18.2 Å². The van der Waals surface area contributed by atoms with E-state index in [0.717, 1.165) is 22.5 Å². The van der Waals surface area contributed by atoms with Crippen molar-refractivity contribution >= 4 is 35.3 Å². The Morgan fingerprint density at radius 2 is 1.96 bits per heavy atom. The summed E-state index contributed by atoms with van der Waals surface area (Å²) in [6, 6.07) is 15.4. The van der Waals surface area contributed by atoms with E-state index in [1.165, 1.54) is 0 Å². The number of fused-ring (bicyclic) bond motifs is 1. The molecule has 1 amide bonds. The number of rotatable bonds is 8. The van der Waals surface area contributed by atoms with Crippen LogP contribution in [0.4, 0.5) is 5.95 Å². The third kappa shape index (κ3) is 4.97. The molecule has 0 spiro atoms. The number of methoxy groups -OCH3 is 2. The smallest absolute Gasteiger partial charge is 0.240 e. The second-order valence-corrected chi connectivity index (χ2v) is 5.68. The molecule has 2 aromatic carbocycles. The Kier molecular flexibility index (Phi) is 7.60. The van der Waals surface area contributed by atoms with Gasteiger partial charge in [0.1, 0.15) is 5.75 Å². The molecule has 0 bridgehead atoms. The molecule has 0 aliphatic rings. The molecule has 144 valence electrons. The fraction of sp³-hybridized carbons (Fsp3) is 0.263. The number of nitrogens with zero attached hydrogens (tertiary/aromatic N) is 2. The van der Waals surface area contributed by atoms with Crippen LogP contribution in [0.25, 0.3) is 16.7 Å². The molecule has 2 N–H and O–H groups in total. The molecule has 0 unspecified atom stereocenters. The largest absolute Gasteiger partial charge is 0.497 e. The molecule has 0 fully saturated rings. The molecule has 3 aromatic rings. The molecule has 27 heavy (non-hydrogen) atoms. The molecule has 0 radical (unpaired) electrons. The fourth-order valence-electron chi connectivity index (χ4n) is 2.67. The maximum atomic E-state index is 12.3. The Balaban J connectivity index is 0.00000261. The van der Waals surface area contributed by atoms with Crippen LogP contribution in [0, 0.1) is 0 Å². The summed E-state index contributed by atoms with van der Waals surface area (Å²) in [4.78, 5) is 16.8. The number of hydrogen-bond donors (Lipinski definition) is 2. The number of nitrogens with one attached hydrogen (secondary N) is 2. The van der Waals surface area contributed by atoms with Crippen LogP contribution in [0.2, 0.25) is 0 Å². The highest BCUT2D eigenvalue weighted by atomic mass is 35.5. The first-order valence-electron chi connectivity index (χ1n) is 8.34. The topological polar surface area (TPSA) is 77.4 Å². The molecule has 0 saturated carbocycles. The van der Waals surface area contributed by atoms with Crippen LogP contribution in [0.3, 0.4) is 0 Å². The minimum Gasteiger partial charge on any atom is -0.497 e. The molecule has 1 aromatic heterocycles. The lowest BCUT2D eigenvalue weighted by Crippen LogP contribution is -2.31. The van der Waals surface area contributed by atoms with Crippen LogP contribution in [-0.4, -0.2) is 49.4 Å². The van der Waals surface area contributed by atoms with Crippen molar-refractivity contribution in [3.63, 3.8) is 0 Å². The zero-order valence-corrected chi connectivity index (χ0v) is 16.1. The van der Waals surface area contributed by atoms with Gasteiger partial charge in [-0.25, -0.2) is 4.98 Å². The predicted octanol–water partition coefficient (Wildman–Crippen LogP) is 2.63. The summed E-state index contributed by atoms with van der Waals surface area (Å²) in [5.41, 5.74) is 2.57. The minimum absolute atomic E-state index is 0. The van der Waals surface area contributed by atoms with E-state index in [9.17, 15) is 4.79 Å². The zero-order valence-electron chi connectivity index (χ0n) is 15.3. The number of hydrogen-bond acceptors (Lipinski definition) is 5. The average Bonchev–Trinajstić information content (AvgIpc) is 3.03. The minimum atomic E-state index is -0.166. The first kappa shape index (κ1) is 20.7. The number of carbonyl (C=O) groups is 1. The van der Waals surface area contributed by atoms with E-state index < -0.39 is 0 Å². The van der Waals surface area contributed by atoms with Crippen LogP contribution in [0.5, 0.6) is 5.75 Å². The Bertz CT molecular complexity index is 898. The van der Waals surface area contributed by atoms with Crippen molar-refractivity contribution in [1.82, 2.24) is 14.9 Å². The summed E-state index contributed by atoms with van der Waals surface area (Å²) in [5, 5.41) is 5.91. The summed E-state index contributed by atoms with van der Waals surface area (Å²) in [7, 11) is 3.25. The van der Waals surface area contributed by atoms with Gasteiger partial charge in [0.25, 0.3) is 0 Å². The maximum absolute atomic E-state index is 12.3. The first-order valence-corrected chi connectivity index (χ1v) is 8.34. The van der Waals surface area contributed by atoms with Crippen LogP contribution in [0.15, 0.2) is 48.5 Å². The second kappa shape index (κ2) is 9.91. The predicted molar refractivity (Wildman–Crippen MR) is 108 cm³/mol. The van der Waals surface area contributed by atoms with Crippen LogP contribution in [0.1, 0.15) is 0 Å². The molecule has 1 heterocycles. The number of carbonyl (C=O) groups excluding carboxylic acids is 1. The van der Waals surface area contributed by atoms with Gasteiger partial charge in [0.15, 0.2) is 0 Å². The molecule has 0 saturated heterocycles. The summed E-state index contributed by atoms with van der Waals surface area (Å²) >= 11 is 0. The standard InChI is InChI=1S/C19H22N4O3.ClH/c1-25-11-10-20-13-18(24)22-19-21-16-8-3-4-9-17(16)23(19)14-6-5-7-15(12-14)26-2;/h3-9,12,20H,10-11,13H2,1-2H3,(H,21,22,24);1H. The van der Waals surface area contributed by atoms with Gasteiger partial charge >= 0.3 is 0 Å². The normalized spacial score (nSPS) is 10.4. The molecule has 7 nitrogen and oxygen atoms in total. The lowest BCUT2D eigenvalue weighted by atomic mass is 10.2. The average molecular weight is 391 g/mol. The van der Waals surface area contributed by atoms with E-state index in [1.807, 2.05) is 53.1 Å². The Morgan fingerprint density at radius 1 is 1.15 bits per heavy atom. The van der Waals surface area contributed by atoms with E-state index >= 15 is 0 Å². The molecule has 0 aliphatic carbocycles. The van der Waals surface area contributed by atoms with Crippen molar-refractivity contribution in [2.24, 2.45) is 0 Å². The van der Waals surface area contributed by atoms with Gasteiger partial charge in [-0.2, -0.15) is 0 Å². The summed E-state index contributed by atoms with van der Waals surface area (Å²) in [6.07, 6.45) is 0. The Labute approximate surface area is 164 Å². The van der Waals surface area contributed by atoms with Gasteiger partial charge in [-0.3, -0.25) is 14.7 Å². The van der Waals surface area contributed by atoms with Gasteiger partial charge in [0, 0.05) is 19.7 Å². The van der Waals surface area contributed by atoms with Crippen molar-refractivity contribution in [2.75, 3.05) is 39.2 Å². The van der Waals surface area contributed by atoms with Crippen LogP contribution < -0.4 is 15.4 Å². The number of benzene rings is 2. The molecular weight excluding hydrogens is 368 g/mol. The third-order valence-electron chi connectivity index (χ3n) is 3.89. The highest BCUT2D eigenvalue weighted by Crippen LogP contribution is 2.26. The van der Waals surface area contributed by atoms with Crippen molar-refractivity contribution in [3.05, 3.63) is 48.5 Å². The number of ether oxygens (including phenoxy) is 2. The zero-order chi connectivity index (χ0) is 18.4. The van der Waals surface area contributed by atoms with Gasteiger partial charge in [0.05, 0.1) is 37.0 Å². The molecule has 8 heteroatoms. The highest BCUT2D eigenvalue weighted by molar-refractivity contribution is 5.93. The van der Waals surface area contributed by atoms with E-state index in [-0.39, 0.29) is 24.9 Å². The summed E-state index contributed by atoms with van der Waals surface area (Å²) < 4.78 is 12.2. The lowest BCUT2D eigenvalue weighted by Gasteiger charge is -2.11. The van der Waals surface area contributed by atoms with Crippen molar-refractivity contribution in [2.45, 2.75) is 0 Å². The Morgan fingerprint density at radius 3 is 2.74 bits per heavy atom. The molecule has 0 atom stereocenters. The van der Waals surface area contributed by atoms with Gasteiger partial charge in [-0.15, -0.1) is 12.4 Å². The van der Waals surface area contributed by atoms with E-state index in [2.05, 4.69) is 15.6 Å². The highest BCUT2D eigenvalue weighted by Gasteiger charge is 2.15. The second-order valence-electron chi connectivity index (χ2n) is 5.68. The third-order valence-corrected chi connectivity index (χ3v) is 3.89. The van der Waals surface area contributed by atoms with Crippen molar-refractivity contribution in [3.8, 4) is 11.4 Å². The monoisotopic (exact) mass is 390 g/mol. The summed E-state index contributed by atoms with van der Waals surface area (Å²) in [6.45, 7) is 1.34. The van der Waals surface area contributed by atoms with E-state index in [0.29, 0.717) is 19.1 Å². The van der Waals surface area contributed by atoms with Gasteiger partial charge < -0.3 is 14.8 Å². The maximum Gasteiger partial charge on any atom is 0.240 e. The van der Waals surface area contributed by atoms with Crippen LogP contribution >= 0.6 is 12.4 Å². The number of halogens is 1. The summed E-state index contributed by atoms with van der Waals surface area (Å²) in [5.74, 6) is 1.04. The quantitative estimate of drug-likeness (QED) is 0.578. The van der Waals surface area contributed by atoms with Crippen molar-refractivity contribution < 1.29 is 14.3 Å². The molecular formula is C19H23ClN4O3. The number of aromatic nitrogens is 2. The van der Waals surface area contributed by atoms with Crippen molar-refractivity contribution in [1.29, 1.82) is 0 Å². The van der Waals surface area contributed by atoms with Gasteiger partial charge in [0.2, 0.25) is 11.9 Å². The first-order chi connectivity index (χ1) is 12.7. The Hall–Kier alpha value is -2.61. The lowest BCUT2D eigenvalue weighted by molar-refractivity contribution is -0.115. The molecule has 0 aliphatic heterocycles. The molecule has 3 rings (SSSR count). The van der Waals surface area contributed by atoms with Crippen LogP contribution in [-0.2, 0) is 9.53 Å². The van der Waals surface area contributed by atoms with E-state index in [1.54, 1.807) is 14.2 Å². The fourth-order valence-corrected chi connectivity index (χ4v) is 2.67. The number of amides is 1.